The highest BCUT2D eigenvalue weighted by atomic mass is 14.4. The van der Waals surface area contributed by atoms with E-state index in [1.165, 1.54) is 19.3 Å². The van der Waals surface area contributed by atoms with Crippen LogP contribution in [-0.2, 0) is 0 Å². The molecule has 0 bridgehead atoms. The van der Waals surface area contributed by atoms with Crippen molar-refractivity contribution >= 4 is 0 Å². The highest BCUT2D eigenvalue weighted by molar-refractivity contribution is 5.03. The number of rotatable bonds is 1. The second-order valence-corrected chi connectivity index (χ2v) is 3.99. The molecule has 2 nitrogen and oxygen atoms in total. The molecule has 0 saturated heterocycles. The van der Waals surface area contributed by atoms with Crippen LogP contribution in [0, 0.1) is 28.1 Å². The summed E-state index contributed by atoms with van der Waals surface area (Å²) in [6.07, 6.45) is 8.28. The van der Waals surface area contributed by atoms with Gasteiger partial charge in [-0.3, -0.25) is 0 Å². The summed E-state index contributed by atoms with van der Waals surface area (Å²) in [5.41, 5.74) is -0.310. The smallest absolute Gasteiger partial charge is 0.0703 e. The van der Waals surface area contributed by atoms with E-state index in [2.05, 4.69) is 12.1 Å². The third kappa shape index (κ3) is 2.74. The van der Waals surface area contributed by atoms with Crippen LogP contribution in [0.2, 0.25) is 0 Å². The monoisotopic (exact) mass is 176 g/mol. The van der Waals surface area contributed by atoms with Crippen molar-refractivity contribution in [3.8, 4) is 12.1 Å². The van der Waals surface area contributed by atoms with Gasteiger partial charge >= 0.3 is 0 Å². The van der Waals surface area contributed by atoms with Gasteiger partial charge in [-0.2, -0.15) is 10.5 Å². The molecule has 1 aliphatic rings. The van der Waals surface area contributed by atoms with Gasteiger partial charge in [0.15, 0.2) is 0 Å². The number of hydrogen-bond donors (Lipinski definition) is 0. The minimum absolute atomic E-state index is 0.310. The van der Waals surface area contributed by atoms with Crippen molar-refractivity contribution in [2.75, 3.05) is 0 Å². The molecule has 1 fully saturated rings. The first kappa shape index (κ1) is 10.1. The van der Waals surface area contributed by atoms with E-state index in [4.69, 9.17) is 10.5 Å². The lowest BCUT2D eigenvalue weighted by atomic mass is 9.75. The van der Waals surface area contributed by atoms with Crippen LogP contribution in [0.25, 0.3) is 0 Å². The van der Waals surface area contributed by atoms with Crippen LogP contribution in [-0.4, -0.2) is 0 Å². The zero-order valence-corrected chi connectivity index (χ0v) is 8.05. The van der Waals surface area contributed by atoms with Gasteiger partial charge in [-0.1, -0.05) is 32.1 Å². The van der Waals surface area contributed by atoms with E-state index in [1.54, 1.807) is 0 Å². The van der Waals surface area contributed by atoms with Gasteiger partial charge in [-0.25, -0.2) is 0 Å². The Balaban J connectivity index is 2.60. The van der Waals surface area contributed by atoms with Crippen LogP contribution in [0.5, 0.6) is 0 Å². The van der Waals surface area contributed by atoms with Crippen molar-refractivity contribution < 1.29 is 0 Å². The summed E-state index contributed by atoms with van der Waals surface area (Å²) >= 11 is 0. The van der Waals surface area contributed by atoms with Gasteiger partial charge in [0, 0.05) is 0 Å². The lowest BCUT2D eigenvalue weighted by molar-refractivity contribution is 0.295. The largest absolute Gasteiger partial charge is 0.198 e. The minimum atomic E-state index is -0.310. The van der Waals surface area contributed by atoms with Crippen LogP contribution >= 0.6 is 0 Å². The lowest BCUT2D eigenvalue weighted by Gasteiger charge is -2.25. The SMILES string of the molecule is N#CCC1(C#N)CCCCCCC1. The Labute approximate surface area is 80.2 Å². The summed E-state index contributed by atoms with van der Waals surface area (Å²) in [7, 11) is 0. The van der Waals surface area contributed by atoms with Crippen LogP contribution in [0.3, 0.4) is 0 Å². The van der Waals surface area contributed by atoms with Crippen molar-refractivity contribution in [1.29, 1.82) is 10.5 Å². The zero-order chi connectivity index (χ0) is 9.57. The maximum Gasteiger partial charge on any atom is 0.0703 e. The molecule has 0 amide bonds. The number of nitriles is 2. The summed E-state index contributed by atoms with van der Waals surface area (Å²) in [6, 6.07) is 4.52. The molecule has 0 aromatic rings. The quantitative estimate of drug-likeness (QED) is 0.616. The first-order valence-electron chi connectivity index (χ1n) is 5.11. The molecule has 0 aromatic heterocycles. The predicted octanol–water partition coefficient (Wildman–Crippen LogP) is 3.15. The first-order valence-corrected chi connectivity index (χ1v) is 5.11. The Bertz CT molecular complexity index is 223. The molecule has 0 spiro atoms. The molecule has 1 aliphatic carbocycles. The molecule has 2 heteroatoms. The van der Waals surface area contributed by atoms with Crippen LogP contribution < -0.4 is 0 Å². The molecule has 1 rings (SSSR count). The number of hydrogen-bond acceptors (Lipinski definition) is 2. The van der Waals surface area contributed by atoms with E-state index in [0.29, 0.717) is 6.42 Å². The average Bonchev–Trinajstić information content (AvgIpc) is 2.10. The second kappa shape index (κ2) is 4.87. The Morgan fingerprint density at radius 2 is 1.46 bits per heavy atom. The van der Waals surface area contributed by atoms with Gasteiger partial charge in [0.1, 0.15) is 0 Å². The topological polar surface area (TPSA) is 47.6 Å². The Kier molecular flexibility index (Phi) is 3.77. The molecule has 0 aliphatic heterocycles. The van der Waals surface area contributed by atoms with Gasteiger partial charge in [0.25, 0.3) is 0 Å². The molecule has 0 aromatic carbocycles. The summed E-state index contributed by atoms with van der Waals surface area (Å²) in [5, 5.41) is 17.8. The summed E-state index contributed by atoms with van der Waals surface area (Å²) in [4.78, 5) is 0. The van der Waals surface area contributed by atoms with Crippen LogP contribution in [0.1, 0.15) is 51.4 Å². The third-order valence-corrected chi connectivity index (χ3v) is 2.97. The molecule has 70 valence electrons. The maximum atomic E-state index is 9.09. The second-order valence-electron chi connectivity index (χ2n) is 3.99. The van der Waals surface area contributed by atoms with Crippen molar-refractivity contribution in [2.45, 2.75) is 51.4 Å². The molecule has 13 heavy (non-hydrogen) atoms. The van der Waals surface area contributed by atoms with Gasteiger partial charge in [0.2, 0.25) is 0 Å². The highest BCUT2D eigenvalue weighted by Crippen LogP contribution is 2.36. The van der Waals surface area contributed by atoms with Crippen LogP contribution in [0.4, 0.5) is 0 Å². The zero-order valence-electron chi connectivity index (χ0n) is 8.05. The first-order chi connectivity index (χ1) is 6.33. The Morgan fingerprint density at radius 3 is 1.92 bits per heavy atom. The maximum absolute atomic E-state index is 9.09. The van der Waals surface area contributed by atoms with Gasteiger partial charge < -0.3 is 0 Å². The van der Waals surface area contributed by atoms with Crippen LogP contribution in [0.15, 0.2) is 0 Å². The molecular weight excluding hydrogens is 160 g/mol. The predicted molar refractivity (Wildman–Crippen MR) is 50.6 cm³/mol. The van der Waals surface area contributed by atoms with E-state index in [-0.39, 0.29) is 5.41 Å². The Hall–Kier alpha value is -1.02. The van der Waals surface area contributed by atoms with Crippen molar-refractivity contribution in [2.24, 2.45) is 5.41 Å². The fourth-order valence-electron chi connectivity index (χ4n) is 2.06. The summed E-state index contributed by atoms with van der Waals surface area (Å²) in [6.45, 7) is 0. The molecule has 0 radical (unpaired) electrons. The molecule has 0 N–H and O–H groups in total. The van der Waals surface area contributed by atoms with Crippen molar-refractivity contribution in [1.82, 2.24) is 0 Å². The van der Waals surface area contributed by atoms with Crippen molar-refractivity contribution in [3.05, 3.63) is 0 Å². The minimum Gasteiger partial charge on any atom is -0.198 e. The fourth-order valence-corrected chi connectivity index (χ4v) is 2.06. The van der Waals surface area contributed by atoms with Gasteiger partial charge in [0.05, 0.1) is 24.0 Å². The van der Waals surface area contributed by atoms with E-state index in [0.717, 1.165) is 25.7 Å². The molecule has 0 unspecified atom stereocenters. The molecular formula is C11H16N2. The van der Waals surface area contributed by atoms with Gasteiger partial charge in [-0.15, -0.1) is 0 Å². The fraction of sp³-hybridized carbons (Fsp3) is 0.818. The van der Waals surface area contributed by atoms with E-state index < -0.39 is 0 Å². The molecule has 1 saturated carbocycles. The average molecular weight is 176 g/mol. The van der Waals surface area contributed by atoms with Crippen molar-refractivity contribution in [3.63, 3.8) is 0 Å². The van der Waals surface area contributed by atoms with E-state index in [1.807, 2.05) is 0 Å². The summed E-state index contributed by atoms with van der Waals surface area (Å²) < 4.78 is 0. The lowest BCUT2D eigenvalue weighted by Crippen LogP contribution is -2.19. The molecule has 0 atom stereocenters. The third-order valence-electron chi connectivity index (χ3n) is 2.97. The number of nitrogens with zero attached hydrogens (tertiary/aromatic N) is 2. The highest BCUT2D eigenvalue weighted by Gasteiger charge is 2.29. The normalized spacial score (nSPS) is 22.0. The Morgan fingerprint density at radius 1 is 0.923 bits per heavy atom. The summed E-state index contributed by atoms with van der Waals surface area (Å²) in [5.74, 6) is 0. The standard InChI is InChI=1S/C11H16N2/c12-9-8-11(10-13)6-4-2-1-3-5-7-11/h1-8H2. The van der Waals surface area contributed by atoms with E-state index >= 15 is 0 Å². The molecule has 0 heterocycles. The van der Waals surface area contributed by atoms with E-state index in [9.17, 15) is 0 Å². The van der Waals surface area contributed by atoms with Gasteiger partial charge in [-0.05, 0) is 12.8 Å².